The minimum Gasteiger partial charge on any atom is -0.339 e. The molecular weight excluding hydrogens is 260 g/mol. The quantitative estimate of drug-likeness (QED) is 0.707. The molecule has 2 saturated heterocycles. The molecule has 0 radical (unpaired) electrons. The molecule has 2 fully saturated rings. The smallest absolute Gasteiger partial charge is 0.325 e. The summed E-state index contributed by atoms with van der Waals surface area (Å²) >= 11 is 0. The minimum absolute atomic E-state index is 0.0361. The van der Waals surface area contributed by atoms with Gasteiger partial charge >= 0.3 is 6.03 Å². The molecule has 1 atom stereocenters. The lowest BCUT2D eigenvalue weighted by Gasteiger charge is -2.35. The molecule has 2 rings (SSSR count). The number of imide groups is 1. The largest absolute Gasteiger partial charge is 0.339 e. The highest BCUT2D eigenvalue weighted by Gasteiger charge is 2.48. The van der Waals surface area contributed by atoms with Crippen molar-refractivity contribution >= 4 is 17.8 Å². The van der Waals surface area contributed by atoms with E-state index in [1.165, 1.54) is 4.90 Å². The van der Waals surface area contributed by atoms with Crippen LogP contribution in [0.3, 0.4) is 0 Å². The van der Waals surface area contributed by atoms with Crippen molar-refractivity contribution in [3.05, 3.63) is 0 Å². The summed E-state index contributed by atoms with van der Waals surface area (Å²) in [5.74, 6) is -0.418. The molecule has 0 aliphatic carbocycles. The fraction of sp³-hybridized carbons (Fsp3) is 0.769. The third-order valence-electron chi connectivity index (χ3n) is 4.39. The van der Waals surface area contributed by atoms with Crippen LogP contribution in [0, 0.1) is 0 Å². The second kappa shape index (κ2) is 5.40. The highest BCUT2D eigenvalue weighted by molar-refractivity contribution is 6.07. The highest BCUT2D eigenvalue weighted by Crippen LogP contribution is 2.25. The van der Waals surface area contributed by atoms with Crippen molar-refractivity contribution in [1.82, 2.24) is 20.0 Å². The number of nitrogens with one attached hydrogen (secondary N) is 1. The second-order valence-corrected chi connectivity index (χ2v) is 5.66. The molecule has 112 valence electrons. The molecule has 0 aromatic heterocycles. The molecule has 1 unspecified atom stereocenters. The Morgan fingerprint density at radius 1 is 1.25 bits per heavy atom. The number of carbonyl (C=O) groups excluding carboxylic acids is 3. The number of carbonyl (C=O) groups is 3. The van der Waals surface area contributed by atoms with Crippen molar-refractivity contribution in [2.24, 2.45) is 0 Å². The first-order valence-corrected chi connectivity index (χ1v) is 6.98. The van der Waals surface area contributed by atoms with Crippen LogP contribution < -0.4 is 5.32 Å². The van der Waals surface area contributed by atoms with E-state index in [4.69, 9.17) is 0 Å². The fourth-order valence-corrected chi connectivity index (χ4v) is 2.53. The molecule has 20 heavy (non-hydrogen) atoms. The summed E-state index contributed by atoms with van der Waals surface area (Å²) < 4.78 is 0. The van der Waals surface area contributed by atoms with E-state index in [1.54, 1.807) is 11.8 Å². The van der Waals surface area contributed by atoms with Crippen molar-refractivity contribution in [3.63, 3.8) is 0 Å². The Labute approximate surface area is 118 Å². The van der Waals surface area contributed by atoms with Gasteiger partial charge in [0.2, 0.25) is 5.91 Å². The molecule has 7 nitrogen and oxygen atoms in total. The van der Waals surface area contributed by atoms with Gasteiger partial charge in [0.15, 0.2) is 0 Å². The summed E-state index contributed by atoms with van der Waals surface area (Å²) in [6.45, 7) is 6.51. The van der Waals surface area contributed by atoms with Crippen LogP contribution in [0.25, 0.3) is 0 Å². The summed E-state index contributed by atoms with van der Waals surface area (Å²) in [6, 6.07) is -0.471. The molecule has 2 aliphatic heterocycles. The molecular formula is C13H22N4O3. The van der Waals surface area contributed by atoms with Gasteiger partial charge in [0.05, 0.1) is 0 Å². The first kappa shape index (κ1) is 14.8. The maximum atomic E-state index is 12.3. The molecule has 4 amide bonds. The van der Waals surface area contributed by atoms with E-state index in [2.05, 4.69) is 10.2 Å². The lowest BCUT2D eigenvalue weighted by Crippen LogP contribution is -2.54. The molecule has 2 heterocycles. The van der Waals surface area contributed by atoms with Crippen molar-refractivity contribution in [1.29, 1.82) is 0 Å². The fourth-order valence-electron chi connectivity index (χ4n) is 2.53. The number of nitrogens with zero attached hydrogens (tertiary/aromatic N) is 3. The molecule has 0 aromatic carbocycles. The SMILES string of the molecule is CCC1(C)C(=O)NC(=O)N1CC(=O)N1CCN(C)CC1. The zero-order chi connectivity index (χ0) is 14.9. The number of rotatable bonds is 3. The van der Waals surface area contributed by atoms with Gasteiger partial charge in [-0.1, -0.05) is 6.92 Å². The number of amides is 4. The van der Waals surface area contributed by atoms with Crippen LogP contribution in [0.1, 0.15) is 20.3 Å². The van der Waals surface area contributed by atoms with E-state index in [0.717, 1.165) is 13.1 Å². The van der Waals surface area contributed by atoms with Gasteiger partial charge in [-0.2, -0.15) is 0 Å². The number of hydrogen-bond donors (Lipinski definition) is 1. The normalized spacial score (nSPS) is 27.9. The average Bonchev–Trinajstić information content (AvgIpc) is 2.63. The van der Waals surface area contributed by atoms with Crippen LogP contribution in [-0.2, 0) is 9.59 Å². The van der Waals surface area contributed by atoms with Gasteiger partial charge in [0, 0.05) is 26.2 Å². The standard InChI is InChI=1S/C13H22N4O3/c1-4-13(2)11(19)14-12(20)17(13)9-10(18)16-7-5-15(3)6-8-16/h4-9H2,1-3H3,(H,14,19,20). The number of urea groups is 1. The highest BCUT2D eigenvalue weighted by atomic mass is 16.2. The summed E-state index contributed by atoms with van der Waals surface area (Å²) in [4.78, 5) is 41.3. The first-order chi connectivity index (χ1) is 9.38. The summed E-state index contributed by atoms with van der Waals surface area (Å²) in [7, 11) is 2.02. The van der Waals surface area contributed by atoms with Gasteiger partial charge in [0.1, 0.15) is 12.1 Å². The topological polar surface area (TPSA) is 73.0 Å². The number of piperazine rings is 1. The van der Waals surface area contributed by atoms with Crippen LogP contribution in [-0.4, -0.2) is 77.9 Å². The third kappa shape index (κ3) is 2.49. The summed E-state index contributed by atoms with van der Waals surface area (Å²) in [6.07, 6.45) is 0.487. The lowest BCUT2D eigenvalue weighted by molar-refractivity contribution is -0.135. The Balaban J connectivity index is 2.03. The Morgan fingerprint density at radius 2 is 1.85 bits per heavy atom. The molecule has 0 aromatic rings. The van der Waals surface area contributed by atoms with Gasteiger partial charge in [-0.3, -0.25) is 14.9 Å². The van der Waals surface area contributed by atoms with Crippen molar-refractivity contribution in [2.45, 2.75) is 25.8 Å². The van der Waals surface area contributed by atoms with E-state index >= 15 is 0 Å². The zero-order valence-electron chi connectivity index (χ0n) is 12.3. The van der Waals surface area contributed by atoms with Crippen LogP contribution in [0.5, 0.6) is 0 Å². The predicted octanol–water partition coefficient (Wildman–Crippen LogP) is -0.519. The molecule has 0 spiro atoms. The Morgan fingerprint density at radius 3 is 2.40 bits per heavy atom. The third-order valence-corrected chi connectivity index (χ3v) is 4.39. The Bertz CT molecular complexity index is 431. The lowest BCUT2D eigenvalue weighted by atomic mass is 9.97. The minimum atomic E-state index is -0.917. The monoisotopic (exact) mass is 282 g/mol. The van der Waals surface area contributed by atoms with E-state index in [1.807, 2.05) is 14.0 Å². The van der Waals surface area contributed by atoms with E-state index < -0.39 is 11.6 Å². The predicted molar refractivity (Wildman–Crippen MR) is 73.0 cm³/mol. The van der Waals surface area contributed by atoms with E-state index in [9.17, 15) is 14.4 Å². The summed E-state index contributed by atoms with van der Waals surface area (Å²) in [5, 5.41) is 2.29. The molecule has 1 N–H and O–H groups in total. The van der Waals surface area contributed by atoms with Gasteiger partial charge in [-0.05, 0) is 20.4 Å². The van der Waals surface area contributed by atoms with Crippen LogP contribution in [0.2, 0.25) is 0 Å². The van der Waals surface area contributed by atoms with Gasteiger partial charge in [-0.25, -0.2) is 4.79 Å². The van der Waals surface area contributed by atoms with Crippen molar-refractivity contribution in [2.75, 3.05) is 39.8 Å². The maximum absolute atomic E-state index is 12.3. The van der Waals surface area contributed by atoms with E-state index in [-0.39, 0.29) is 18.4 Å². The zero-order valence-corrected chi connectivity index (χ0v) is 12.3. The van der Waals surface area contributed by atoms with Crippen molar-refractivity contribution < 1.29 is 14.4 Å². The average molecular weight is 282 g/mol. The second-order valence-electron chi connectivity index (χ2n) is 5.66. The van der Waals surface area contributed by atoms with Crippen LogP contribution in [0.4, 0.5) is 4.79 Å². The molecule has 7 heteroatoms. The first-order valence-electron chi connectivity index (χ1n) is 6.98. The van der Waals surface area contributed by atoms with Gasteiger partial charge in [0.25, 0.3) is 5.91 Å². The van der Waals surface area contributed by atoms with Crippen molar-refractivity contribution in [3.8, 4) is 0 Å². The Kier molecular flexibility index (Phi) is 3.99. The van der Waals surface area contributed by atoms with Crippen LogP contribution in [0.15, 0.2) is 0 Å². The molecule has 0 bridgehead atoms. The number of likely N-dealkylation sites (N-methyl/N-ethyl adjacent to an activating group) is 1. The van der Waals surface area contributed by atoms with Gasteiger partial charge in [-0.15, -0.1) is 0 Å². The Hall–Kier alpha value is -1.63. The number of hydrogen-bond acceptors (Lipinski definition) is 4. The molecule has 0 saturated carbocycles. The van der Waals surface area contributed by atoms with Gasteiger partial charge < -0.3 is 14.7 Å². The summed E-state index contributed by atoms with van der Waals surface area (Å²) in [5.41, 5.74) is -0.917. The molecule has 2 aliphatic rings. The van der Waals surface area contributed by atoms with Crippen LogP contribution >= 0.6 is 0 Å². The maximum Gasteiger partial charge on any atom is 0.325 e. The van der Waals surface area contributed by atoms with E-state index in [0.29, 0.717) is 19.5 Å².